The highest BCUT2D eigenvalue weighted by Gasteiger charge is 2.24. The molecule has 5 nitrogen and oxygen atoms in total. The van der Waals surface area contributed by atoms with Crippen LogP contribution in [0.5, 0.6) is 11.5 Å². The Bertz CT molecular complexity index is 918. The number of halogens is 1. The highest BCUT2D eigenvalue weighted by Crippen LogP contribution is 2.37. The van der Waals surface area contributed by atoms with Crippen molar-refractivity contribution in [1.82, 2.24) is 0 Å². The van der Waals surface area contributed by atoms with E-state index in [2.05, 4.69) is 4.99 Å². The summed E-state index contributed by atoms with van der Waals surface area (Å²) in [6.07, 6.45) is 1.61. The molecule has 0 saturated heterocycles. The van der Waals surface area contributed by atoms with E-state index in [0.717, 1.165) is 11.1 Å². The Morgan fingerprint density at radius 3 is 2.77 bits per heavy atom. The maximum atomic E-state index is 12.2. The van der Waals surface area contributed by atoms with Crippen LogP contribution in [0.1, 0.15) is 23.6 Å². The van der Waals surface area contributed by atoms with Crippen molar-refractivity contribution in [1.29, 1.82) is 0 Å². The van der Waals surface area contributed by atoms with Crippen LogP contribution >= 0.6 is 11.6 Å². The van der Waals surface area contributed by atoms with Gasteiger partial charge in [-0.05, 0) is 49.8 Å². The summed E-state index contributed by atoms with van der Waals surface area (Å²) in [6, 6.07) is 11.0. The standard InChI is InChI=1S/C20H18ClNO4/c1-4-25-17-11-13(9-15(21)18(17)24-3)10-16-20(23)26-19(22-16)14-7-5-6-12(2)8-14/h5-11H,4H2,1-3H3. The van der Waals surface area contributed by atoms with Crippen LogP contribution in [0.25, 0.3) is 6.08 Å². The molecule has 2 aromatic carbocycles. The third-order valence-electron chi connectivity index (χ3n) is 3.72. The molecule has 0 N–H and O–H groups in total. The number of aliphatic imine (C=N–C) groups is 1. The number of carbonyl (C=O) groups is 1. The van der Waals surface area contributed by atoms with E-state index in [1.807, 2.05) is 38.1 Å². The molecule has 0 unspecified atom stereocenters. The van der Waals surface area contributed by atoms with Gasteiger partial charge < -0.3 is 14.2 Å². The average Bonchev–Trinajstić information content (AvgIpc) is 2.96. The van der Waals surface area contributed by atoms with E-state index in [-0.39, 0.29) is 11.6 Å². The number of hydrogen-bond donors (Lipinski definition) is 0. The minimum absolute atomic E-state index is 0.199. The molecule has 0 bridgehead atoms. The van der Waals surface area contributed by atoms with Gasteiger partial charge in [0.15, 0.2) is 17.2 Å². The lowest BCUT2D eigenvalue weighted by Gasteiger charge is -2.11. The SMILES string of the molecule is CCOc1cc(C=C2N=C(c3cccc(C)c3)OC2=O)cc(Cl)c1OC. The van der Waals surface area contributed by atoms with Gasteiger partial charge in [-0.3, -0.25) is 0 Å². The van der Waals surface area contributed by atoms with Gasteiger partial charge in [-0.15, -0.1) is 0 Å². The van der Waals surface area contributed by atoms with Crippen LogP contribution in [-0.2, 0) is 9.53 Å². The fraction of sp³-hybridized carbons (Fsp3) is 0.200. The molecule has 1 aliphatic rings. The van der Waals surface area contributed by atoms with Gasteiger partial charge in [0.2, 0.25) is 5.90 Å². The molecule has 0 aromatic heterocycles. The molecule has 26 heavy (non-hydrogen) atoms. The first kappa shape index (κ1) is 18.0. The number of hydrogen-bond acceptors (Lipinski definition) is 5. The highest BCUT2D eigenvalue weighted by atomic mass is 35.5. The number of cyclic esters (lactones) is 1. The zero-order valence-electron chi connectivity index (χ0n) is 14.7. The summed E-state index contributed by atoms with van der Waals surface area (Å²) in [5.74, 6) is 0.734. The Hall–Kier alpha value is -2.79. The maximum absolute atomic E-state index is 12.2. The van der Waals surface area contributed by atoms with Gasteiger partial charge in [0.1, 0.15) is 0 Å². The number of esters is 1. The van der Waals surface area contributed by atoms with E-state index in [1.165, 1.54) is 7.11 Å². The van der Waals surface area contributed by atoms with Crippen LogP contribution in [0.4, 0.5) is 0 Å². The molecule has 0 aliphatic carbocycles. The lowest BCUT2D eigenvalue weighted by molar-refractivity contribution is -0.129. The highest BCUT2D eigenvalue weighted by molar-refractivity contribution is 6.32. The Labute approximate surface area is 156 Å². The molecule has 0 radical (unpaired) electrons. The van der Waals surface area contributed by atoms with Crippen LogP contribution in [0.3, 0.4) is 0 Å². The summed E-state index contributed by atoms with van der Waals surface area (Å²) >= 11 is 6.25. The fourth-order valence-corrected chi connectivity index (χ4v) is 2.90. The van der Waals surface area contributed by atoms with E-state index < -0.39 is 5.97 Å². The van der Waals surface area contributed by atoms with Crippen LogP contribution in [0.2, 0.25) is 5.02 Å². The van der Waals surface area contributed by atoms with Gasteiger partial charge >= 0.3 is 5.97 Å². The van der Waals surface area contributed by atoms with Crippen molar-refractivity contribution in [2.24, 2.45) is 4.99 Å². The van der Waals surface area contributed by atoms with E-state index >= 15 is 0 Å². The van der Waals surface area contributed by atoms with E-state index in [4.69, 9.17) is 25.8 Å². The van der Waals surface area contributed by atoms with Gasteiger partial charge in [-0.2, -0.15) is 0 Å². The maximum Gasteiger partial charge on any atom is 0.363 e. The molecule has 1 heterocycles. The van der Waals surface area contributed by atoms with Crippen molar-refractivity contribution in [3.8, 4) is 11.5 Å². The third kappa shape index (κ3) is 3.73. The second-order valence-corrected chi connectivity index (χ2v) is 6.08. The predicted molar refractivity (Wildman–Crippen MR) is 101 cm³/mol. The third-order valence-corrected chi connectivity index (χ3v) is 4.01. The zero-order chi connectivity index (χ0) is 18.7. The Kier molecular flexibility index (Phi) is 5.28. The molecule has 6 heteroatoms. The Morgan fingerprint density at radius 2 is 2.08 bits per heavy atom. The number of carbonyl (C=O) groups excluding carboxylic acids is 1. The van der Waals surface area contributed by atoms with Crippen LogP contribution < -0.4 is 9.47 Å². The van der Waals surface area contributed by atoms with Gasteiger partial charge in [-0.1, -0.05) is 29.3 Å². The monoisotopic (exact) mass is 371 g/mol. The first-order valence-electron chi connectivity index (χ1n) is 8.11. The van der Waals surface area contributed by atoms with Crippen molar-refractivity contribution >= 4 is 29.5 Å². The molecule has 3 rings (SSSR count). The van der Waals surface area contributed by atoms with Crippen LogP contribution in [0.15, 0.2) is 47.1 Å². The molecule has 0 atom stereocenters. The van der Waals surface area contributed by atoms with E-state index in [9.17, 15) is 4.79 Å². The topological polar surface area (TPSA) is 57.1 Å². The fourth-order valence-electron chi connectivity index (χ4n) is 2.60. The van der Waals surface area contributed by atoms with Crippen LogP contribution in [0, 0.1) is 6.92 Å². The summed E-state index contributed by atoms with van der Waals surface area (Å²) in [5.41, 5.74) is 2.68. The lowest BCUT2D eigenvalue weighted by atomic mass is 10.1. The van der Waals surface area contributed by atoms with E-state index in [1.54, 1.807) is 18.2 Å². The summed E-state index contributed by atoms with van der Waals surface area (Å²) in [4.78, 5) is 16.5. The quantitative estimate of drug-likeness (QED) is 0.577. The first-order chi connectivity index (χ1) is 12.5. The summed E-state index contributed by atoms with van der Waals surface area (Å²) in [7, 11) is 1.52. The van der Waals surface area contributed by atoms with Gasteiger partial charge in [0, 0.05) is 5.56 Å². The normalized spacial score (nSPS) is 15.0. The molecule has 0 amide bonds. The number of nitrogens with zero attached hydrogens (tertiary/aromatic N) is 1. The molecule has 0 saturated carbocycles. The van der Waals surface area contributed by atoms with Gasteiger partial charge in [0.25, 0.3) is 0 Å². The summed E-state index contributed by atoms with van der Waals surface area (Å²) < 4.78 is 16.1. The number of benzene rings is 2. The van der Waals surface area contributed by atoms with Crippen molar-refractivity contribution in [2.75, 3.05) is 13.7 Å². The zero-order valence-corrected chi connectivity index (χ0v) is 15.5. The molecule has 0 fully saturated rings. The number of aryl methyl sites for hydroxylation is 1. The van der Waals surface area contributed by atoms with Gasteiger partial charge in [-0.25, -0.2) is 9.79 Å². The Morgan fingerprint density at radius 1 is 1.27 bits per heavy atom. The lowest BCUT2D eigenvalue weighted by Crippen LogP contribution is -2.05. The molecule has 2 aromatic rings. The van der Waals surface area contributed by atoms with Crippen molar-refractivity contribution in [3.05, 3.63) is 63.8 Å². The number of ether oxygens (including phenoxy) is 3. The summed E-state index contributed by atoms with van der Waals surface area (Å²) in [5, 5.41) is 0.388. The predicted octanol–water partition coefficient (Wildman–Crippen LogP) is 4.40. The second kappa shape index (κ2) is 7.62. The summed E-state index contributed by atoms with van der Waals surface area (Å²) in [6.45, 7) is 4.29. The molecular weight excluding hydrogens is 354 g/mol. The van der Waals surface area contributed by atoms with Crippen molar-refractivity contribution in [2.45, 2.75) is 13.8 Å². The smallest absolute Gasteiger partial charge is 0.363 e. The molecule has 134 valence electrons. The molecule has 0 spiro atoms. The van der Waals surface area contributed by atoms with Gasteiger partial charge in [0.05, 0.1) is 18.7 Å². The van der Waals surface area contributed by atoms with Crippen molar-refractivity contribution in [3.63, 3.8) is 0 Å². The van der Waals surface area contributed by atoms with Crippen LogP contribution in [-0.4, -0.2) is 25.6 Å². The second-order valence-electron chi connectivity index (χ2n) is 5.67. The van der Waals surface area contributed by atoms with E-state index in [0.29, 0.717) is 28.7 Å². The largest absolute Gasteiger partial charge is 0.491 e. The minimum Gasteiger partial charge on any atom is -0.491 e. The Balaban J connectivity index is 1.98. The number of rotatable bonds is 5. The minimum atomic E-state index is -0.508. The average molecular weight is 372 g/mol. The molecule has 1 aliphatic heterocycles. The first-order valence-corrected chi connectivity index (χ1v) is 8.49. The molecular formula is C20H18ClNO4. The number of methoxy groups -OCH3 is 1. The van der Waals surface area contributed by atoms with Crippen molar-refractivity contribution < 1.29 is 19.0 Å².